The van der Waals surface area contributed by atoms with E-state index in [1.807, 2.05) is 0 Å². The Balaban J connectivity index is 1.96. The fourth-order valence-corrected chi connectivity index (χ4v) is 1.69. The Bertz CT molecular complexity index is 131. The molecule has 0 N–H and O–H groups in total. The quantitative estimate of drug-likeness (QED) is 0.493. The molecule has 0 amide bonds. The lowest BCUT2D eigenvalue weighted by atomic mass is 10.1. The van der Waals surface area contributed by atoms with Gasteiger partial charge >= 0.3 is 0 Å². The van der Waals surface area contributed by atoms with Crippen LogP contribution in [-0.4, -0.2) is 38.3 Å². The molecule has 0 atom stereocenters. The molecule has 0 radical (unpaired) electrons. The van der Waals surface area contributed by atoms with Crippen molar-refractivity contribution in [2.45, 2.75) is 12.8 Å². The topological polar surface area (TPSA) is 12.5 Å². The first kappa shape index (κ1) is 6.62. The van der Waals surface area contributed by atoms with Gasteiger partial charge in [-0.05, 0) is 19.9 Å². The van der Waals surface area contributed by atoms with Crippen molar-refractivity contribution in [1.29, 1.82) is 0 Å². The summed E-state index contributed by atoms with van der Waals surface area (Å²) in [5, 5.41) is 0. The van der Waals surface area contributed by atoms with Crippen LogP contribution >= 0.6 is 0 Å². The van der Waals surface area contributed by atoms with E-state index in [-0.39, 0.29) is 0 Å². The molecule has 2 heteroatoms. The van der Waals surface area contributed by atoms with E-state index in [0.717, 1.165) is 19.8 Å². The van der Waals surface area contributed by atoms with Gasteiger partial charge in [-0.1, -0.05) is 0 Å². The average molecular weight is 141 g/mol. The molecule has 1 saturated heterocycles. The molecular formula is C8H15NO. The number of ether oxygens (including phenoxy) is 1. The Morgan fingerprint density at radius 3 is 2.90 bits per heavy atom. The van der Waals surface area contributed by atoms with Gasteiger partial charge in [0.1, 0.15) is 0 Å². The fourth-order valence-electron chi connectivity index (χ4n) is 1.69. The van der Waals surface area contributed by atoms with E-state index >= 15 is 0 Å². The molecule has 10 heavy (non-hydrogen) atoms. The fraction of sp³-hybridized carbons (Fsp3) is 1.00. The lowest BCUT2D eigenvalue weighted by Crippen LogP contribution is -2.26. The van der Waals surface area contributed by atoms with Crippen molar-refractivity contribution in [3.8, 4) is 0 Å². The minimum atomic E-state index is 0.589. The van der Waals surface area contributed by atoms with E-state index < -0.39 is 0 Å². The second kappa shape index (κ2) is 2.21. The summed E-state index contributed by atoms with van der Waals surface area (Å²) in [5.41, 5.74) is 0.589. The van der Waals surface area contributed by atoms with Crippen LogP contribution in [0.5, 0.6) is 0 Å². The summed E-state index contributed by atoms with van der Waals surface area (Å²) < 4.78 is 5.50. The van der Waals surface area contributed by atoms with Gasteiger partial charge in [0.15, 0.2) is 0 Å². The maximum Gasteiger partial charge on any atom is 0.0593 e. The number of likely N-dealkylation sites (N-methyl/N-ethyl adjacent to an activating group) is 1. The lowest BCUT2D eigenvalue weighted by Gasteiger charge is -2.16. The monoisotopic (exact) mass is 141 g/mol. The molecule has 0 aromatic carbocycles. The molecule has 2 rings (SSSR count). The number of nitrogens with zero attached hydrogens (tertiary/aromatic N) is 1. The van der Waals surface area contributed by atoms with E-state index in [9.17, 15) is 0 Å². The Kier molecular flexibility index (Phi) is 1.46. The molecule has 0 unspecified atom stereocenters. The number of rotatable bonds is 0. The number of hydrogen-bond acceptors (Lipinski definition) is 2. The van der Waals surface area contributed by atoms with Crippen molar-refractivity contribution in [3.05, 3.63) is 0 Å². The smallest absolute Gasteiger partial charge is 0.0593 e. The van der Waals surface area contributed by atoms with Crippen LogP contribution in [0.2, 0.25) is 0 Å². The van der Waals surface area contributed by atoms with Gasteiger partial charge in [0.05, 0.1) is 13.2 Å². The predicted molar refractivity (Wildman–Crippen MR) is 40.0 cm³/mol. The second-order valence-electron chi connectivity index (χ2n) is 3.79. The normalized spacial score (nSPS) is 32.1. The molecule has 58 valence electrons. The average Bonchev–Trinajstić information content (AvgIpc) is 2.64. The Morgan fingerprint density at radius 1 is 1.40 bits per heavy atom. The van der Waals surface area contributed by atoms with Gasteiger partial charge in [-0.15, -0.1) is 0 Å². The molecule has 1 spiro atoms. The summed E-state index contributed by atoms with van der Waals surface area (Å²) in [6, 6.07) is 0. The summed E-state index contributed by atoms with van der Waals surface area (Å²) in [6.45, 7) is 4.31. The maximum absolute atomic E-state index is 5.50. The van der Waals surface area contributed by atoms with Crippen LogP contribution in [0.25, 0.3) is 0 Å². The third-order valence-electron chi connectivity index (χ3n) is 2.59. The van der Waals surface area contributed by atoms with Gasteiger partial charge in [0.25, 0.3) is 0 Å². The second-order valence-corrected chi connectivity index (χ2v) is 3.79. The van der Waals surface area contributed by atoms with E-state index in [2.05, 4.69) is 11.9 Å². The zero-order chi connectivity index (χ0) is 7.03. The van der Waals surface area contributed by atoms with Crippen molar-refractivity contribution < 1.29 is 4.74 Å². The van der Waals surface area contributed by atoms with Crippen LogP contribution in [0.4, 0.5) is 0 Å². The zero-order valence-electron chi connectivity index (χ0n) is 6.60. The molecule has 1 heterocycles. The number of hydrogen-bond donors (Lipinski definition) is 0. The highest BCUT2D eigenvalue weighted by atomic mass is 16.5. The van der Waals surface area contributed by atoms with Crippen LogP contribution < -0.4 is 0 Å². The van der Waals surface area contributed by atoms with Gasteiger partial charge in [-0.25, -0.2) is 0 Å². The first-order valence-electron chi connectivity index (χ1n) is 4.07. The molecule has 2 fully saturated rings. The molecule has 0 aromatic heterocycles. The molecule has 0 bridgehead atoms. The van der Waals surface area contributed by atoms with Crippen LogP contribution in [-0.2, 0) is 4.74 Å². The SMILES string of the molecule is CN1CCOCC2(CC2)C1. The van der Waals surface area contributed by atoms with Gasteiger partial charge < -0.3 is 9.64 Å². The zero-order valence-corrected chi connectivity index (χ0v) is 6.60. The van der Waals surface area contributed by atoms with Crippen LogP contribution in [0.15, 0.2) is 0 Å². The van der Waals surface area contributed by atoms with Gasteiger partial charge in [-0.3, -0.25) is 0 Å². The summed E-state index contributed by atoms with van der Waals surface area (Å²) in [5.74, 6) is 0. The third-order valence-corrected chi connectivity index (χ3v) is 2.59. The standard InChI is InChI=1S/C8H15NO/c1-9-4-5-10-7-8(6-9)2-3-8/h2-7H2,1H3. The summed E-state index contributed by atoms with van der Waals surface area (Å²) >= 11 is 0. The molecule has 2 aliphatic rings. The van der Waals surface area contributed by atoms with Gasteiger partial charge in [0.2, 0.25) is 0 Å². The summed E-state index contributed by atoms with van der Waals surface area (Å²) in [6.07, 6.45) is 2.77. The molecule has 1 saturated carbocycles. The molecule has 1 aliphatic carbocycles. The van der Waals surface area contributed by atoms with Crippen LogP contribution in [0.1, 0.15) is 12.8 Å². The Labute approximate surface area is 62.2 Å². The molecule has 0 aromatic rings. The molecular weight excluding hydrogens is 126 g/mol. The highest BCUT2D eigenvalue weighted by Gasteiger charge is 2.44. The van der Waals surface area contributed by atoms with Gasteiger partial charge in [-0.2, -0.15) is 0 Å². The van der Waals surface area contributed by atoms with E-state index in [1.165, 1.54) is 19.4 Å². The van der Waals surface area contributed by atoms with Crippen molar-refractivity contribution in [3.63, 3.8) is 0 Å². The predicted octanol–water partition coefficient (Wildman–Crippen LogP) is 0.729. The van der Waals surface area contributed by atoms with E-state index in [1.54, 1.807) is 0 Å². The highest BCUT2D eigenvalue weighted by molar-refractivity contribution is 4.95. The van der Waals surface area contributed by atoms with Crippen LogP contribution in [0.3, 0.4) is 0 Å². The van der Waals surface area contributed by atoms with Crippen LogP contribution in [0, 0.1) is 5.41 Å². The van der Waals surface area contributed by atoms with Crippen molar-refractivity contribution in [1.82, 2.24) is 4.90 Å². The van der Waals surface area contributed by atoms with Gasteiger partial charge in [0, 0.05) is 18.5 Å². The third kappa shape index (κ3) is 1.18. The van der Waals surface area contributed by atoms with Crippen molar-refractivity contribution >= 4 is 0 Å². The lowest BCUT2D eigenvalue weighted by molar-refractivity contribution is 0.115. The molecule has 2 nitrogen and oxygen atoms in total. The highest BCUT2D eigenvalue weighted by Crippen LogP contribution is 2.46. The van der Waals surface area contributed by atoms with Crippen molar-refractivity contribution in [2.24, 2.45) is 5.41 Å². The Morgan fingerprint density at radius 2 is 2.20 bits per heavy atom. The summed E-state index contributed by atoms with van der Waals surface area (Å²) in [4.78, 5) is 2.39. The largest absolute Gasteiger partial charge is 0.379 e. The first-order chi connectivity index (χ1) is 4.81. The maximum atomic E-state index is 5.50. The summed E-state index contributed by atoms with van der Waals surface area (Å²) in [7, 11) is 2.19. The van der Waals surface area contributed by atoms with E-state index in [4.69, 9.17) is 4.74 Å². The Hall–Kier alpha value is -0.0800. The minimum Gasteiger partial charge on any atom is -0.379 e. The first-order valence-corrected chi connectivity index (χ1v) is 4.07. The van der Waals surface area contributed by atoms with E-state index in [0.29, 0.717) is 5.41 Å². The van der Waals surface area contributed by atoms with Crippen molar-refractivity contribution in [2.75, 3.05) is 33.4 Å². The minimum absolute atomic E-state index is 0.589. The molecule has 1 aliphatic heterocycles.